The van der Waals surface area contributed by atoms with E-state index in [-0.39, 0.29) is 5.91 Å². The molecule has 3 rings (SSSR count). The molecule has 2 N–H and O–H groups in total. The van der Waals surface area contributed by atoms with Crippen LogP contribution in [0.25, 0.3) is 11.1 Å². The number of piperidine rings is 1. The molecule has 2 aromatic carbocycles. The third-order valence-corrected chi connectivity index (χ3v) is 5.46. The second kappa shape index (κ2) is 8.95. The van der Waals surface area contributed by atoms with Gasteiger partial charge in [0.1, 0.15) is 0 Å². The maximum Gasteiger partial charge on any atom is 0.219 e. The third-order valence-electron chi connectivity index (χ3n) is 5.46. The van der Waals surface area contributed by atoms with Gasteiger partial charge in [0, 0.05) is 76.7 Å². The number of carbonyl (C=O) groups is 1. The summed E-state index contributed by atoms with van der Waals surface area (Å²) in [6.45, 7) is 2.86. The summed E-state index contributed by atoms with van der Waals surface area (Å²) in [5.41, 5.74) is 14.0. The summed E-state index contributed by atoms with van der Waals surface area (Å²) < 4.78 is 0. The van der Waals surface area contributed by atoms with Gasteiger partial charge in [-0.1, -0.05) is 36.4 Å². The fourth-order valence-electron chi connectivity index (χ4n) is 3.66. The highest BCUT2D eigenvalue weighted by molar-refractivity contribution is 6.02. The summed E-state index contributed by atoms with van der Waals surface area (Å²) in [7, 11) is 5.89. The second-order valence-corrected chi connectivity index (χ2v) is 7.68. The highest BCUT2D eigenvalue weighted by Gasteiger charge is 2.23. The Labute approximate surface area is 173 Å². The Hall–Kier alpha value is -3.08. The number of hydrogen-bond donors (Lipinski definition) is 1. The highest BCUT2D eigenvalue weighted by Crippen LogP contribution is 2.25. The molecule has 1 aliphatic rings. The molecule has 152 valence electrons. The smallest absolute Gasteiger partial charge is 0.219 e. The van der Waals surface area contributed by atoms with E-state index in [1.165, 1.54) is 16.8 Å². The molecule has 1 aliphatic heterocycles. The van der Waals surface area contributed by atoms with E-state index in [0.29, 0.717) is 19.5 Å². The maximum absolute atomic E-state index is 11.8. The number of allylic oxidation sites excluding steroid dienone is 1. The van der Waals surface area contributed by atoms with E-state index in [9.17, 15) is 4.79 Å². The lowest BCUT2D eigenvalue weighted by molar-refractivity contribution is -0.128. The Morgan fingerprint density at radius 3 is 2.48 bits per heavy atom. The van der Waals surface area contributed by atoms with Crippen molar-refractivity contribution in [3.8, 4) is 11.1 Å². The fraction of sp³-hybridized carbons (Fsp3) is 0.333. The van der Waals surface area contributed by atoms with Crippen molar-refractivity contribution < 1.29 is 4.79 Å². The molecule has 0 aromatic heterocycles. The first-order valence-corrected chi connectivity index (χ1v) is 9.94. The van der Waals surface area contributed by atoms with Crippen molar-refractivity contribution in [1.82, 2.24) is 4.90 Å². The first-order valence-electron chi connectivity index (χ1n) is 9.94. The average Bonchev–Trinajstić information content (AvgIpc) is 2.73. The van der Waals surface area contributed by atoms with Gasteiger partial charge in [-0.05, 0) is 28.8 Å². The molecule has 0 spiro atoms. The number of likely N-dealkylation sites (tertiary alicyclic amines) is 1. The van der Waals surface area contributed by atoms with E-state index in [2.05, 4.69) is 58.4 Å². The average molecular weight is 391 g/mol. The SMILES string of the molecule is CN=C1CCN(C(C)=O)CC1=C(N)Cc1ccc(-c2cccc(N(C)C)c2)cc1. The van der Waals surface area contributed by atoms with Crippen LogP contribution in [0.3, 0.4) is 0 Å². The van der Waals surface area contributed by atoms with E-state index in [4.69, 9.17) is 5.73 Å². The summed E-state index contributed by atoms with van der Waals surface area (Å²) in [6.07, 6.45) is 1.41. The number of benzene rings is 2. The predicted octanol–water partition coefficient (Wildman–Crippen LogP) is 3.50. The molecule has 29 heavy (non-hydrogen) atoms. The predicted molar refractivity (Wildman–Crippen MR) is 121 cm³/mol. The topological polar surface area (TPSA) is 61.9 Å². The molecule has 0 atom stereocenters. The summed E-state index contributed by atoms with van der Waals surface area (Å²) in [6, 6.07) is 17.0. The lowest BCUT2D eigenvalue weighted by Crippen LogP contribution is -2.40. The molecular formula is C24H30N4O. The molecule has 0 bridgehead atoms. The van der Waals surface area contributed by atoms with E-state index in [1.807, 2.05) is 19.0 Å². The van der Waals surface area contributed by atoms with Gasteiger partial charge in [-0.2, -0.15) is 0 Å². The van der Waals surface area contributed by atoms with Crippen molar-refractivity contribution in [1.29, 1.82) is 0 Å². The van der Waals surface area contributed by atoms with E-state index < -0.39 is 0 Å². The normalized spacial score (nSPS) is 17.4. The zero-order chi connectivity index (χ0) is 21.0. The van der Waals surface area contributed by atoms with Gasteiger partial charge in [-0.15, -0.1) is 0 Å². The maximum atomic E-state index is 11.8. The fourth-order valence-corrected chi connectivity index (χ4v) is 3.66. The summed E-state index contributed by atoms with van der Waals surface area (Å²) in [5.74, 6) is 0.0785. The van der Waals surface area contributed by atoms with Gasteiger partial charge in [0.25, 0.3) is 0 Å². The van der Waals surface area contributed by atoms with Crippen molar-refractivity contribution in [2.24, 2.45) is 10.7 Å². The van der Waals surface area contributed by atoms with Gasteiger partial charge >= 0.3 is 0 Å². The van der Waals surface area contributed by atoms with Crippen molar-refractivity contribution in [3.63, 3.8) is 0 Å². The zero-order valence-electron chi connectivity index (χ0n) is 17.8. The molecule has 5 heteroatoms. The molecule has 1 fully saturated rings. The first kappa shape index (κ1) is 20.6. The number of carbonyl (C=O) groups excluding carboxylic acids is 1. The number of anilines is 1. The Balaban J connectivity index is 1.80. The van der Waals surface area contributed by atoms with Crippen LogP contribution in [0.15, 0.2) is 64.8 Å². The monoisotopic (exact) mass is 390 g/mol. The van der Waals surface area contributed by atoms with Crippen LogP contribution in [-0.4, -0.2) is 50.8 Å². The molecular weight excluding hydrogens is 360 g/mol. The Bertz CT molecular complexity index is 942. The molecule has 2 aromatic rings. The van der Waals surface area contributed by atoms with Crippen LogP contribution >= 0.6 is 0 Å². The molecule has 0 radical (unpaired) electrons. The lowest BCUT2D eigenvalue weighted by atomic mass is 9.96. The van der Waals surface area contributed by atoms with Crippen LogP contribution in [0.1, 0.15) is 18.9 Å². The molecule has 0 unspecified atom stereocenters. The molecule has 5 nitrogen and oxygen atoms in total. The lowest BCUT2D eigenvalue weighted by Gasteiger charge is -2.30. The van der Waals surface area contributed by atoms with Crippen LogP contribution in [0.2, 0.25) is 0 Å². The van der Waals surface area contributed by atoms with E-state index in [1.54, 1.807) is 14.0 Å². The molecule has 1 heterocycles. The highest BCUT2D eigenvalue weighted by atomic mass is 16.2. The van der Waals surface area contributed by atoms with Crippen LogP contribution in [0.4, 0.5) is 5.69 Å². The summed E-state index contributed by atoms with van der Waals surface area (Å²) >= 11 is 0. The molecule has 1 amide bonds. The van der Waals surface area contributed by atoms with Gasteiger partial charge in [-0.25, -0.2) is 0 Å². The van der Waals surface area contributed by atoms with E-state index >= 15 is 0 Å². The number of aliphatic imine (C=N–C) groups is 1. The minimum atomic E-state index is 0.0785. The second-order valence-electron chi connectivity index (χ2n) is 7.68. The van der Waals surface area contributed by atoms with Gasteiger partial charge in [0.05, 0.1) is 0 Å². The number of nitrogens with zero attached hydrogens (tertiary/aromatic N) is 3. The Morgan fingerprint density at radius 1 is 1.14 bits per heavy atom. The standard InChI is InChI=1S/C24H30N4O/c1-17(29)28-13-12-24(26-2)22(16-28)23(25)14-18-8-10-19(11-9-18)20-6-5-7-21(15-20)27(3)4/h5-11,15H,12-14,16,25H2,1-4H3. The Morgan fingerprint density at radius 2 is 1.86 bits per heavy atom. The molecule has 0 saturated carbocycles. The van der Waals surface area contributed by atoms with Gasteiger partial charge < -0.3 is 15.5 Å². The first-order chi connectivity index (χ1) is 13.9. The van der Waals surface area contributed by atoms with E-state index in [0.717, 1.165) is 29.0 Å². The van der Waals surface area contributed by atoms with Crippen molar-refractivity contribution in [3.05, 3.63) is 65.4 Å². The molecule has 0 aliphatic carbocycles. The van der Waals surface area contributed by atoms with Crippen LogP contribution in [-0.2, 0) is 11.2 Å². The quantitative estimate of drug-likeness (QED) is 0.869. The number of hydrogen-bond acceptors (Lipinski definition) is 4. The van der Waals surface area contributed by atoms with Gasteiger partial charge in [-0.3, -0.25) is 9.79 Å². The van der Waals surface area contributed by atoms with Crippen LogP contribution < -0.4 is 10.6 Å². The number of amides is 1. The van der Waals surface area contributed by atoms with Crippen molar-refractivity contribution in [2.45, 2.75) is 19.8 Å². The van der Waals surface area contributed by atoms with Gasteiger partial charge in [0.2, 0.25) is 5.91 Å². The van der Waals surface area contributed by atoms with Crippen LogP contribution in [0, 0.1) is 0 Å². The minimum Gasteiger partial charge on any atom is -0.401 e. The van der Waals surface area contributed by atoms with Crippen LogP contribution in [0.5, 0.6) is 0 Å². The number of nitrogens with two attached hydrogens (primary N) is 1. The van der Waals surface area contributed by atoms with Gasteiger partial charge in [0.15, 0.2) is 0 Å². The third kappa shape index (κ3) is 4.86. The summed E-state index contributed by atoms with van der Waals surface area (Å²) in [4.78, 5) is 20.1. The Kier molecular flexibility index (Phi) is 6.37. The summed E-state index contributed by atoms with van der Waals surface area (Å²) in [5, 5.41) is 0. The van der Waals surface area contributed by atoms with Crippen molar-refractivity contribution >= 4 is 17.3 Å². The molecule has 1 saturated heterocycles. The zero-order valence-corrected chi connectivity index (χ0v) is 17.8. The largest absolute Gasteiger partial charge is 0.401 e. The number of rotatable bonds is 4. The van der Waals surface area contributed by atoms with Crippen molar-refractivity contribution in [2.75, 3.05) is 39.1 Å². The minimum absolute atomic E-state index is 0.0785.